The Labute approximate surface area is 82.4 Å². The Morgan fingerprint density at radius 1 is 1.67 bits per heavy atom. The third kappa shape index (κ3) is 3.40. The molecule has 1 aliphatic heterocycles. The molecule has 3 heteroatoms. The molecule has 0 aliphatic carbocycles. The Kier molecular flexibility index (Phi) is 4.51. The molecule has 2 atom stereocenters. The van der Waals surface area contributed by atoms with Gasteiger partial charge in [-0.2, -0.15) is 0 Å². The number of halogens is 2. The van der Waals surface area contributed by atoms with Crippen LogP contribution in [0.2, 0.25) is 0 Å². The van der Waals surface area contributed by atoms with Gasteiger partial charge in [0.25, 0.3) is 0 Å². The van der Waals surface area contributed by atoms with Crippen LogP contribution in [0, 0.1) is 5.92 Å². The first-order chi connectivity index (χ1) is 5.72. The van der Waals surface area contributed by atoms with Crippen molar-refractivity contribution in [3.8, 4) is 0 Å². The van der Waals surface area contributed by atoms with Crippen molar-refractivity contribution in [1.29, 1.82) is 0 Å². The maximum Gasteiger partial charge on any atom is 0.113 e. The average molecular weight is 238 g/mol. The summed E-state index contributed by atoms with van der Waals surface area (Å²) in [5.74, 6) is 0.635. The Bertz CT molecular complexity index is 132. The fourth-order valence-electron chi connectivity index (χ4n) is 1.65. The van der Waals surface area contributed by atoms with Crippen LogP contribution in [-0.2, 0) is 0 Å². The number of nitrogens with zero attached hydrogens (tertiary/aromatic N) is 1. The second kappa shape index (κ2) is 5.18. The van der Waals surface area contributed by atoms with Crippen molar-refractivity contribution in [2.75, 3.05) is 25.0 Å². The van der Waals surface area contributed by atoms with Crippen molar-refractivity contribution >= 4 is 15.9 Å². The van der Waals surface area contributed by atoms with Gasteiger partial charge in [-0.25, -0.2) is 4.39 Å². The first-order valence-corrected chi connectivity index (χ1v) is 5.77. The quantitative estimate of drug-likeness (QED) is 0.682. The van der Waals surface area contributed by atoms with Crippen LogP contribution in [0.15, 0.2) is 0 Å². The lowest BCUT2D eigenvalue weighted by atomic mass is 10.1. The molecule has 1 nitrogen and oxygen atoms in total. The van der Waals surface area contributed by atoms with Crippen molar-refractivity contribution in [2.24, 2.45) is 5.92 Å². The number of likely N-dealkylation sites (tertiary alicyclic amines) is 1. The minimum atomic E-state index is -0.582. The van der Waals surface area contributed by atoms with Gasteiger partial charge in [0.05, 0.1) is 0 Å². The highest BCUT2D eigenvalue weighted by Crippen LogP contribution is 2.14. The van der Waals surface area contributed by atoms with Crippen LogP contribution in [0.25, 0.3) is 0 Å². The SMILES string of the molecule is CC(CBr)CN1CCCC(F)C1. The summed E-state index contributed by atoms with van der Waals surface area (Å²) in [6, 6.07) is 0. The van der Waals surface area contributed by atoms with Gasteiger partial charge in [-0.1, -0.05) is 22.9 Å². The van der Waals surface area contributed by atoms with Gasteiger partial charge in [0, 0.05) is 18.4 Å². The van der Waals surface area contributed by atoms with Crippen LogP contribution >= 0.6 is 15.9 Å². The van der Waals surface area contributed by atoms with Crippen LogP contribution < -0.4 is 0 Å². The molecule has 1 rings (SSSR count). The highest BCUT2D eigenvalue weighted by molar-refractivity contribution is 9.09. The van der Waals surface area contributed by atoms with Gasteiger partial charge in [-0.3, -0.25) is 0 Å². The molecule has 1 saturated heterocycles. The topological polar surface area (TPSA) is 3.24 Å². The minimum absolute atomic E-state index is 0.582. The largest absolute Gasteiger partial charge is 0.300 e. The van der Waals surface area contributed by atoms with Crippen molar-refractivity contribution in [3.63, 3.8) is 0 Å². The number of alkyl halides is 2. The van der Waals surface area contributed by atoms with Crippen LogP contribution in [0.1, 0.15) is 19.8 Å². The van der Waals surface area contributed by atoms with Gasteiger partial charge in [0.2, 0.25) is 0 Å². The van der Waals surface area contributed by atoms with E-state index in [2.05, 4.69) is 27.8 Å². The van der Waals surface area contributed by atoms with Crippen LogP contribution in [0.3, 0.4) is 0 Å². The normalized spacial score (nSPS) is 28.8. The van der Waals surface area contributed by atoms with E-state index >= 15 is 0 Å². The van der Waals surface area contributed by atoms with Gasteiger partial charge in [-0.05, 0) is 25.3 Å². The zero-order valence-corrected chi connectivity index (χ0v) is 9.19. The second-order valence-corrected chi connectivity index (χ2v) is 4.41. The summed E-state index contributed by atoms with van der Waals surface area (Å²) in [6.07, 6.45) is 1.20. The lowest BCUT2D eigenvalue weighted by Gasteiger charge is -2.30. The van der Waals surface area contributed by atoms with Gasteiger partial charge < -0.3 is 4.90 Å². The van der Waals surface area contributed by atoms with E-state index in [0.717, 1.165) is 31.3 Å². The number of rotatable bonds is 3. The van der Waals surface area contributed by atoms with E-state index in [1.165, 1.54) is 0 Å². The molecule has 1 fully saturated rings. The first-order valence-electron chi connectivity index (χ1n) is 4.64. The summed E-state index contributed by atoms with van der Waals surface area (Å²) in [5, 5.41) is 1.01. The lowest BCUT2D eigenvalue weighted by molar-refractivity contribution is 0.128. The molecule has 0 N–H and O–H groups in total. The molecular weight excluding hydrogens is 221 g/mol. The molecule has 0 saturated carbocycles. The minimum Gasteiger partial charge on any atom is -0.300 e. The molecule has 0 amide bonds. The summed E-state index contributed by atoms with van der Waals surface area (Å²) in [5.41, 5.74) is 0. The lowest BCUT2D eigenvalue weighted by Crippen LogP contribution is -2.39. The average Bonchev–Trinajstić information content (AvgIpc) is 2.04. The number of hydrogen-bond donors (Lipinski definition) is 0. The summed E-state index contributed by atoms with van der Waals surface area (Å²) in [6.45, 7) is 4.96. The first kappa shape index (κ1) is 10.5. The number of piperidine rings is 1. The highest BCUT2D eigenvalue weighted by Gasteiger charge is 2.19. The molecule has 2 unspecified atom stereocenters. The van der Waals surface area contributed by atoms with Gasteiger partial charge in [0.15, 0.2) is 0 Å². The van der Waals surface area contributed by atoms with Gasteiger partial charge in [0.1, 0.15) is 6.17 Å². The Morgan fingerprint density at radius 3 is 3.00 bits per heavy atom. The molecule has 1 heterocycles. The van der Waals surface area contributed by atoms with E-state index < -0.39 is 6.17 Å². The third-order valence-electron chi connectivity index (χ3n) is 2.28. The van der Waals surface area contributed by atoms with Crippen LogP contribution in [0.5, 0.6) is 0 Å². The number of hydrogen-bond acceptors (Lipinski definition) is 1. The van der Waals surface area contributed by atoms with Crippen LogP contribution in [0.4, 0.5) is 4.39 Å². The summed E-state index contributed by atoms with van der Waals surface area (Å²) >= 11 is 3.44. The molecule has 0 aromatic carbocycles. The fraction of sp³-hybridized carbons (Fsp3) is 1.00. The van der Waals surface area contributed by atoms with E-state index in [0.29, 0.717) is 12.5 Å². The summed E-state index contributed by atoms with van der Waals surface area (Å²) in [7, 11) is 0. The molecule has 0 bridgehead atoms. The van der Waals surface area contributed by atoms with E-state index in [4.69, 9.17) is 0 Å². The molecular formula is C9H17BrFN. The van der Waals surface area contributed by atoms with Gasteiger partial charge in [-0.15, -0.1) is 0 Å². The molecule has 0 spiro atoms. The summed E-state index contributed by atoms with van der Waals surface area (Å²) < 4.78 is 12.9. The highest BCUT2D eigenvalue weighted by atomic mass is 79.9. The molecule has 12 heavy (non-hydrogen) atoms. The standard InChI is InChI=1S/C9H17BrFN/c1-8(5-10)6-12-4-2-3-9(11)7-12/h8-9H,2-7H2,1H3. The molecule has 72 valence electrons. The molecule has 0 aromatic rings. The molecule has 0 radical (unpaired) electrons. The van der Waals surface area contributed by atoms with Crippen LogP contribution in [-0.4, -0.2) is 36.0 Å². The van der Waals surface area contributed by atoms with E-state index in [1.54, 1.807) is 0 Å². The Balaban J connectivity index is 2.22. The maximum atomic E-state index is 12.9. The van der Waals surface area contributed by atoms with Crippen molar-refractivity contribution in [3.05, 3.63) is 0 Å². The summed E-state index contributed by atoms with van der Waals surface area (Å²) in [4.78, 5) is 2.24. The smallest absolute Gasteiger partial charge is 0.113 e. The van der Waals surface area contributed by atoms with E-state index in [9.17, 15) is 4.39 Å². The van der Waals surface area contributed by atoms with E-state index in [-0.39, 0.29) is 0 Å². The Morgan fingerprint density at radius 2 is 2.42 bits per heavy atom. The zero-order valence-electron chi connectivity index (χ0n) is 7.60. The fourth-order valence-corrected chi connectivity index (χ4v) is 1.86. The second-order valence-electron chi connectivity index (χ2n) is 3.76. The molecule has 0 aromatic heterocycles. The third-order valence-corrected chi connectivity index (χ3v) is 3.39. The van der Waals surface area contributed by atoms with Crippen molar-refractivity contribution in [2.45, 2.75) is 25.9 Å². The predicted octanol–water partition coefficient (Wildman–Crippen LogP) is 2.45. The Hall–Kier alpha value is 0.370. The van der Waals surface area contributed by atoms with E-state index in [1.807, 2.05) is 0 Å². The van der Waals surface area contributed by atoms with Crippen molar-refractivity contribution < 1.29 is 4.39 Å². The zero-order chi connectivity index (χ0) is 8.97. The molecule has 1 aliphatic rings. The monoisotopic (exact) mass is 237 g/mol. The van der Waals surface area contributed by atoms with Gasteiger partial charge >= 0.3 is 0 Å². The maximum absolute atomic E-state index is 12.9. The van der Waals surface area contributed by atoms with Crippen molar-refractivity contribution in [1.82, 2.24) is 4.90 Å². The predicted molar refractivity (Wildman–Crippen MR) is 53.5 cm³/mol.